The number of nitrogens with zero attached hydrogens (tertiary/aromatic N) is 1. The van der Waals surface area contributed by atoms with E-state index >= 15 is 0 Å². The highest BCUT2D eigenvalue weighted by Gasteiger charge is 2.11. The summed E-state index contributed by atoms with van der Waals surface area (Å²) in [6, 6.07) is 10.6. The minimum atomic E-state index is -0.0348. The molecule has 0 saturated carbocycles. The van der Waals surface area contributed by atoms with E-state index in [0.717, 1.165) is 12.1 Å². The molecule has 0 radical (unpaired) electrons. The molecule has 1 unspecified atom stereocenters. The average Bonchev–Trinajstić information content (AvgIpc) is 2.28. The van der Waals surface area contributed by atoms with Gasteiger partial charge in [-0.05, 0) is 43.9 Å². The Morgan fingerprint density at radius 1 is 1.11 bits per heavy atom. The molecule has 94 valence electrons. The Labute approximate surface area is 109 Å². The van der Waals surface area contributed by atoms with Gasteiger partial charge in [0.25, 0.3) is 0 Å². The summed E-state index contributed by atoms with van der Waals surface area (Å²) in [5, 5.41) is 0. The normalized spacial score (nSPS) is 12.4. The monoisotopic (exact) mass is 240 g/mol. The molecule has 18 heavy (non-hydrogen) atoms. The number of hydrogen-bond acceptors (Lipinski definition) is 2. The van der Waals surface area contributed by atoms with Gasteiger partial charge in [0.05, 0.1) is 11.7 Å². The standard InChI is InChI=1S/C16H20N2/c1-11-5-4-6-14(8-11)9-15(17)16-13(3)7-12(2)10-18-16/h4-8,10,15H,9,17H2,1-3H3. The van der Waals surface area contributed by atoms with E-state index in [2.05, 4.69) is 56.1 Å². The molecule has 0 aliphatic carbocycles. The van der Waals surface area contributed by atoms with Gasteiger partial charge < -0.3 is 5.73 Å². The third kappa shape index (κ3) is 2.96. The molecule has 0 aliphatic heterocycles. The van der Waals surface area contributed by atoms with Crippen molar-refractivity contribution in [2.75, 3.05) is 0 Å². The first kappa shape index (κ1) is 12.8. The lowest BCUT2D eigenvalue weighted by Crippen LogP contribution is -2.16. The van der Waals surface area contributed by atoms with Crippen LogP contribution in [0.1, 0.15) is 34.0 Å². The highest BCUT2D eigenvalue weighted by Crippen LogP contribution is 2.18. The second-order valence-corrected chi connectivity index (χ2v) is 5.01. The lowest BCUT2D eigenvalue weighted by atomic mass is 9.99. The van der Waals surface area contributed by atoms with E-state index in [1.165, 1.54) is 22.3 Å². The lowest BCUT2D eigenvalue weighted by molar-refractivity contribution is 0.689. The number of aromatic nitrogens is 1. The van der Waals surface area contributed by atoms with Gasteiger partial charge in [-0.15, -0.1) is 0 Å². The molecule has 0 aliphatic rings. The number of pyridine rings is 1. The number of benzene rings is 1. The zero-order chi connectivity index (χ0) is 13.1. The quantitative estimate of drug-likeness (QED) is 0.894. The van der Waals surface area contributed by atoms with Crippen molar-refractivity contribution in [3.8, 4) is 0 Å². The first-order chi connectivity index (χ1) is 8.56. The number of nitrogens with two attached hydrogens (primary N) is 1. The highest BCUT2D eigenvalue weighted by atomic mass is 14.8. The SMILES string of the molecule is Cc1cccc(CC(N)c2ncc(C)cc2C)c1. The number of aryl methyl sites for hydroxylation is 3. The first-order valence-electron chi connectivity index (χ1n) is 6.30. The topological polar surface area (TPSA) is 38.9 Å². The predicted molar refractivity (Wildman–Crippen MR) is 75.5 cm³/mol. The third-order valence-corrected chi connectivity index (χ3v) is 3.14. The Bertz CT molecular complexity index is 547. The fraction of sp³-hybridized carbons (Fsp3) is 0.312. The van der Waals surface area contributed by atoms with Crippen LogP contribution in [0.4, 0.5) is 0 Å². The van der Waals surface area contributed by atoms with Crippen LogP contribution in [0.25, 0.3) is 0 Å². The average molecular weight is 240 g/mol. The van der Waals surface area contributed by atoms with Crippen molar-refractivity contribution in [3.63, 3.8) is 0 Å². The molecule has 2 rings (SSSR count). The van der Waals surface area contributed by atoms with Crippen LogP contribution in [0.5, 0.6) is 0 Å². The van der Waals surface area contributed by atoms with Crippen molar-refractivity contribution in [2.24, 2.45) is 5.73 Å². The van der Waals surface area contributed by atoms with Gasteiger partial charge in [0.15, 0.2) is 0 Å². The molecular weight excluding hydrogens is 220 g/mol. The Hall–Kier alpha value is -1.67. The molecule has 0 amide bonds. The van der Waals surface area contributed by atoms with Gasteiger partial charge in [-0.1, -0.05) is 35.9 Å². The zero-order valence-corrected chi connectivity index (χ0v) is 11.3. The fourth-order valence-electron chi connectivity index (χ4n) is 2.30. The molecule has 1 aromatic carbocycles. The van der Waals surface area contributed by atoms with E-state index < -0.39 is 0 Å². The maximum atomic E-state index is 6.27. The predicted octanol–water partition coefficient (Wildman–Crippen LogP) is 3.25. The zero-order valence-electron chi connectivity index (χ0n) is 11.3. The molecule has 1 atom stereocenters. The van der Waals surface area contributed by atoms with E-state index in [1.54, 1.807) is 0 Å². The molecule has 2 heteroatoms. The highest BCUT2D eigenvalue weighted by molar-refractivity contribution is 5.28. The first-order valence-corrected chi connectivity index (χ1v) is 6.30. The van der Waals surface area contributed by atoms with Crippen LogP contribution in [-0.4, -0.2) is 4.98 Å². The third-order valence-electron chi connectivity index (χ3n) is 3.14. The molecule has 1 heterocycles. The van der Waals surface area contributed by atoms with Gasteiger partial charge in [0.1, 0.15) is 0 Å². The second-order valence-electron chi connectivity index (χ2n) is 5.01. The van der Waals surface area contributed by atoms with Gasteiger partial charge >= 0.3 is 0 Å². The Kier molecular flexibility index (Phi) is 3.78. The minimum absolute atomic E-state index is 0.0348. The van der Waals surface area contributed by atoms with E-state index in [9.17, 15) is 0 Å². The largest absolute Gasteiger partial charge is 0.322 e. The van der Waals surface area contributed by atoms with Gasteiger partial charge in [-0.3, -0.25) is 4.98 Å². The Morgan fingerprint density at radius 2 is 1.89 bits per heavy atom. The van der Waals surface area contributed by atoms with Crippen molar-refractivity contribution in [3.05, 3.63) is 64.5 Å². The number of rotatable bonds is 3. The summed E-state index contributed by atoms with van der Waals surface area (Å²) in [4.78, 5) is 4.47. The van der Waals surface area contributed by atoms with Crippen LogP contribution in [0, 0.1) is 20.8 Å². The van der Waals surface area contributed by atoms with Crippen LogP contribution in [0.15, 0.2) is 36.5 Å². The summed E-state index contributed by atoms with van der Waals surface area (Å²) in [7, 11) is 0. The smallest absolute Gasteiger partial charge is 0.0603 e. The van der Waals surface area contributed by atoms with Crippen LogP contribution in [-0.2, 0) is 6.42 Å². The Balaban J connectivity index is 2.19. The van der Waals surface area contributed by atoms with Crippen LogP contribution in [0.3, 0.4) is 0 Å². The van der Waals surface area contributed by atoms with Crippen molar-refractivity contribution in [2.45, 2.75) is 33.2 Å². The van der Waals surface area contributed by atoms with Gasteiger partial charge in [-0.25, -0.2) is 0 Å². The summed E-state index contributed by atoms with van der Waals surface area (Å²) in [6.45, 7) is 6.23. The molecule has 2 aromatic rings. The molecule has 2 N–H and O–H groups in total. The summed E-state index contributed by atoms with van der Waals surface area (Å²) in [5.74, 6) is 0. The fourth-order valence-corrected chi connectivity index (χ4v) is 2.30. The summed E-state index contributed by atoms with van der Waals surface area (Å²) >= 11 is 0. The molecule has 0 bridgehead atoms. The maximum absolute atomic E-state index is 6.27. The van der Waals surface area contributed by atoms with Crippen molar-refractivity contribution in [1.29, 1.82) is 0 Å². The molecule has 0 saturated heterocycles. The molecule has 2 nitrogen and oxygen atoms in total. The minimum Gasteiger partial charge on any atom is -0.322 e. The summed E-state index contributed by atoms with van der Waals surface area (Å²) < 4.78 is 0. The number of hydrogen-bond donors (Lipinski definition) is 1. The van der Waals surface area contributed by atoms with Crippen molar-refractivity contribution < 1.29 is 0 Å². The maximum Gasteiger partial charge on any atom is 0.0603 e. The van der Waals surface area contributed by atoms with E-state index in [-0.39, 0.29) is 6.04 Å². The van der Waals surface area contributed by atoms with Gasteiger partial charge in [0.2, 0.25) is 0 Å². The van der Waals surface area contributed by atoms with E-state index in [0.29, 0.717) is 0 Å². The van der Waals surface area contributed by atoms with Crippen LogP contribution in [0.2, 0.25) is 0 Å². The van der Waals surface area contributed by atoms with Crippen LogP contribution >= 0.6 is 0 Å². The lowest BCUT2D eigenvalue weighted by Gasteiger charge is -2.14. The van der Waals surface area contributed by atoms with E-state index in [4.69, 9.17) is 5.73 Å². The molecular formula is C16H20N2. The van der Waals surface area contributed by atoms with Gasteiger partial charge in [-0.2, -0.15) is 0 Å². The van der Waals surface area contributed by atoms with Crippen molar-refractivity contribution in [1.82, 2.24) is 4.98 Å². The van der Waals surface area contributed by atoms with Crippen molar-refractivity contribution >= 4 is 0 Å². The Morgan fingerprint density at radius 3 is 2.56 bits per heavy atom. The molecule has 0 fully saturated rings. The summed E-state index contributed by atoms with van der Waals surface area (Å²) in [5.41, 5.74) is 12.2. The second kappa shape index (κ2) is 5.32. The summed E-state index contributed by atoms with van der Waals surface area (Å²) in [6.07, 6.45) is 2.72. The molecule has 0 spiro atoms. The van der Waals surface area contributed by atoms with E-state index in [1.807, 2.05) is 6.20 Å². The van der Waals surface area contributed by atoms with Crippen LogP contribution < -0.4 is 5.73 Å². The van der Waals surface area contributed by atoms with Gasteiger partial charge in [0, 0.05) is 6.20 Å². The molecule has 1 aromatic heterocycles.